The molecule has 1 aliphatic rings. The highest BCUT2D eigenvalue weighted by Crippen LogP contribution is 2.25. The predicted molar refractivity (Wildman–Crippen MR) is 80.3 cm³/mol. The molecule has 0 bridgehead atoms. The molecule has 118 valence electrons. The summed E-state index contributed by atoms with van der Waals surface area (Å²) in [5.41, 5.74) is 6.07. The molecule has 1 saturated carbocycles. The van der Waals surface area contributed by atoms with E-state index in [0.29, 0.717) is 6.54 Å². The predicted octanol–water partition coefficient (Wildman–Crippen LogP) is 2.71. The van der Waals surface area contributed by atoms with Crippen LogP contribution >= 0.6 is 12.4 Å². The van der Waals surface area contributed by atoms with Crippen molar-refractivity contribution in [2.75, 3.05) is 6.54 Å². The molecule has 1 fully saturated rings. The van der Waals surface area contributed by atoms with E-state index >= 15 is 0 Å². The Morgan fingerprint density at radius 3 is 2.52 bits per heavy atom. The van der Waals surface area contributed by atoms with E-state index in [2.05, 4.69) is 5.32 Å². The SMILES string of the molecule is Cl.NC1(CNC(=O)Cc2ccc(F)cc2F)CCCCC1. The van der Waals surface area contributed by atoms with Crippen molar-refractivity contribution in [1.82, 2.24) is 5.32 Å². The molecule has 3 nitrogen and oxygen atoms in total. The lowest BCUT2D eigenvalue weighted by Gasteiger charge is -2.33. The average molecular weight is 319 g/mol. The molecule has 21 heavy (non-hydrogen) atoms. The Hall–Kier alpha value is -1.20. The zero-order chi connectivity index (χ0) is 14.6. The standard InChI is InChI=1S/C15H20F2N2O.ClH/c16-12-5-4-11(13(17)9-12)8-14(20)19-10-15(18)6-2-1-3-7-15;/h4-5,9H,1-3,6-8,10,18H2,(H,19,20);1H. The van der Waals surface area contributed by atoms with Gasteiger partial charge in [0.15, 0.2) is 0 Å². The molecule has 0 aliphatic heterocycles. The van der Waals surface area contributed by atoms with Crippen LogP contribution < -0.4 is 11.1 Å². The summed E-state index contributed by atoms with van der Waals surface area (Å²) in [4.78, 5) is 11.8. The maximum atomic E-state index is 13.4. The number of hydrogen-bond acceptors (Lipinski definition) is 2. The molecule has 0 radical (unpaired) electrons. The number of rotatable bonds is 4. The Morgan fingerprint density at radius 2 is 1.90 bits per heavy atom. The molecule has 6 heteroatoms. The number of carbonyl (C=O) groups excluding carboxylic acids is 1. The summed E-state index contributed by atoms with van der Waals surface area (Å²) in [5.74, 6) is -1.62. The molecule has 0 unspecified atom stereocenters. The van der Waals surface area contributed by atoms with Crippen LogP contribution in [0.4, 0.5) is 8.78 Å². The van der Waals surface area contributed by atoms with Gasteiger partial charge < -0.3 is 11.1 Å². The Balaban J connectivity index is 0.00000220. The number of benzene rings is 1. The Labute approximate surface area is 129 Å². The van der Waals surface area contributed by atoms with E-state index in [1.165, 1.54) is 12.5 Å². The van der Waals surface area contributed by atoms with Crippen molar-refractivity contribution in [3.05, 3.63) is 35.4 Å². The van der Waals surface area contributed by atoms with Crippen molar-refractivity contribution >= 4 is 18.3 Å². The molecule has 0 spiro atoms. The maximum absolute atomic E-state index is 13.4. The number of hydrogen-bond donors (Lipinski definition) is 2. The van der Waals surface area contributed by atoms with E-state index < -0.39 is 11.6 Å². The van der Waals surface area contributed by atoms with Crippen molar-refractivity contribution in [3.8, 4) is 0 Å². The monoisotopic (exact) mass is 318 g/mol. The van der Waals surface area contributed by atoms with Crippen LogP contribution in [0.2, 0.25) is 0 Å². The van der Waals surface area contributed by atoms with Crippen LogP contribution in [0.3, 0.4) is 0 Å². The summed E-state index contributed by atoms with van der Waals surface area (Å²) in [6.07, 6.45) is 5.06. The smallest absolute Gasteiger partial charge is 0.224 e. The summed E-state index contributed by atoms with van der Waals surface area (Å²) in [7, 11) is 0. The van der Waals surface area contributed by atoms with Gasteiger partial charge in [0, 0.05) is 18.2 Å². The number of amides is 1. The minimum absolute atomic E-state index is 0. The largest absolute Gasteiger partial charge is 0.354 e. The van der Waals surface area contributed by atoms with E-state index in [0.717, 1.165) is 37.8 Å². The summed E-state index contributed by atoms with van der Waals surface area (Å²) < 4.78 is 26.2. The molecular weight excluding hydrogens is 298 g/mol. The summed E-state index contributed by atoms with van der Waals surface area (Å²) in [5, 5.41) is 2.76. The first-order valence-corrected chi connectivity index (χ1v) is 6.98. The molecule has 2 rings (SSSR count). The molecule has 0 aromatic heterocycles. The van der Waals surface area contributed by atoms with Crippen molar-refractivity contribution < 1.29 is 13.6 Å². The number of nitrogens with two attached hydrogens (primary N) is 1. The molecule has 1 aliphatic carbocycles. The van der Waals surface area contributed by atoms with Gasteiger partial charge in [-0.2, -0.15) is 0 Å². The highest BCUT2D eigenvalue weighted by atomic mass is 35.5. The third-order valence-electron chi connectivity index (χ3n) is 3.85. The van der Waals surface area contributed by atoms with Gasteiger partial charge in [0.2, 0.25) is 5.91 Å². The minimum Gasteiger partial charge on any atom is -0.354 e. The fourth-order valence-electron chi connectivity index (χ4n) is 2.61. The van der Waals surface area contributed by atoms with Crippen LogP contribution in [0.1, 0.15) is 37.7 Å². The Morgan fingerprint density at radius 1 is 1.24 bits per heavy atom. The number of carbonyl (C=O) groups is 1. The van der Waals surface area contributed by atoms with Crippen molar-refractivity contribution in [2.24, 2.45) is 5.73 Å². The molecule has 0 heterocycles. The second-order valence-corrected chi connectivity index (χ2v) is 5.61. The number of nitrogens with one attached hydrogen (secondary N) is 1. The fraction of sp³-hybridized carbons (Fsp3) is 0.533. The lowest BCUT2D eigenvalue weighted by Crippen LogP contribution is -2.51. The van der Waals surface area contributed by atoms with Crippen molar-refractivity contribution in [3.63, 3.8) is 0 Å². The van der Waals surface area contributed by atoms with Gasteiger partial charge in [0.1, 0.15) is 11.6 Å². The second-order valence-electron chi connectivity index (χ2n) is 5.61. The second kappa shape index (κ2) is 7.71. The van der Waals surface area contributed by atoms with Crippen LogP contribution in [0.25, 0.3) is 0 Å². The van der Waals surface area contributed by atoms with E-state index in [1.807, 2.05) is 0 Å². The minimum atomic E-state index is -0.694. The van der Waals surface area contributed by atoms with E-state index in [4.69, 9.17) is 5.73 Å². The number of halogens is 3. The third-order valence-corrected chi connectivity index (χ3v) is 3.85. The summed E-state index contributed by atoms with van der Waals surface area (Å²) in [6, 6.07) is 3.23. The van der Waals surface area contributed by atoms with Crippen LogP contribution in [0, 0.1) is 11.6 Å². The first-order valence-electron chi connectivity index (χ1n) is 6.98. The highest BCUT2D eigenvalue weighted by molar-refractivity contribution is 5.85. The van der Waals surface area contributed by atoms with Gasteiger partial charge in [0.25, 0.3) is 0 Å². The van der Waals surface area contributed by atoms with E-state index in [9.17, 15) is 13.6 Å². The van der Waals surface area contributed by atoms with Gasteiger partial charge in [-0.3, -0.25) is 4.79 Å². The van der Waals surface area contributed by atoms with Crippen LogP contribution in [-0.4, -0.2) is 18.0 Å². The highest BCUT2D eigenvalue weighted by Gasteiger charge is 2.27. The van der Waals surface area contributed by atoms with E-state index in [-0.39, 0.29) is 35.8 Å². The molecule has 3 N–H and O–H groups in total. The molecule has 1 aromatic rings. The molecule has 1 aromatic carbocycles. The van der Waals surface area contributed by atoms with Gasteiger partial charge in [0.05, 0.1) is 6.42 Å². The normalized spacial score (nSPS) is 16.9. The molecule has 1 amide bonds. The summed E-state index contributed by atoms with van der Waals surface area (Å²) in [6.45, 7) is 0.411. The summed E-state index contributed by atoms with van der Waals surface area (Å²) >= 11 is 0. The molecular formula is C15H21ClF2N2O. The Kier molecular flexibility index (Phi) is 6.55. The first-order chi connectivity index (χ1) is 9.48. The van der Waals surface area contributed by atoms with Gasteiger partial charge in [-0.05, 0) is 24.5 Å². The van der Waals surface area contributed by atoms with Crippen molar-refractivity contribution in [1.29, 1.82) is 0 Å². The van der Waals surface area contributed by atoms with Gasteiger partial charge >= 0.3 is 0 Å². The van der Waals surface area contributed by atoms with Gasteiger partial charge in [-0.1, -0.05) is 25.3 Å². The average Bonchev–Trinajstić information content (AvgIpc) is 2.41. The Bertz CT molecular complexity index is 491. The zero-order valence-electron chi connectivity index (χ0n) is 11.8. The maximum Gasteiger partial charge on any atom is 0.224 e. The van der Waals surface area contributed by atoms with Gasteiger partial charge in [-0.15, -0.1) is 12.4 Å². The first kappa shape index (κ1) is 17.9. The quantitative estimate of drug-likeness (QED) is 0.897. The fourth-order valence-corrected chi connectivity index (χ4v) is 2.61. The van der Waals surface area contributed by atoms with Crippen LogP contribution in [0.5, 0.6) is 0 Å². The van der Waals surface area contributed by atoms with Gasteiger partial charge in [-0.25, -0.2) is 8.78 Å². The molecule has 0 saturated heterocycles. The zero-order valence-corrected chi connectivity index (χ0v) is 12.6. The lowest BCUT2D eigenvalue weighted by molar-refractivity contribution is -0.120. The lowest BCUT2D eigenvalue weighted by atomic mass is 9.82. The topological polar surface area (TPSA) is 55.1 Å². The molecule has 0 atom stereocenters. The van der Waals surface area contributed by atoms with Crippen molar-refractivity contribution in [2.45, 2.75) is 44.1 Å². The van der Waals surface area contributed by atoms with Crippen LogP contribution in [-0.2, 0) is 11.2 Å². The van der Waals surface area contributed by atoms with Crippen LogP contribution in [0.15, 0.2) is 18.2 Å². The third kappa shape index (κ3) is 5.25. The van der Waals surface area contributed by atoms with E-state index in [1.54, 1.807) is 0 Å².